The summed E-state index contributed by atoms with van der Waals surface area (Å²) in [5, 5.41) is 6.10. The largest absolute Gasteiger partial charge is 0.352 e. The Morgan fingerprint density at radius 2 is 1.77 bits per heavy atom. The Kier molecular flexibility index (Phi) is 4.09. The van der Waals surface area contributed by atoms with Gasteiger partial charge in [0.25, 0.3) is 5.91 Å². The molecule has 1 aromatic rings. The van der Waals surface area contributed by atoms with Crippen LogP contribution in [0.3, 0.4) is 0 Å². The van der Waals surface area contributed by atoms with Gasteiger partial charge in [0.15, 0.2) is 0 Å². The summed E-state index contributed by atoms with van der Waals surface area (Å²) in [4.78, 5) is 40.1. The van der Waals surface area contributed by atoms with Gasteiger partial charge in [-0.15, -0.1) is 0 Å². The van der Waals surface area contributed by atoms with Gasteiger partial charge in [0.05, 0.1) is 0 Å². The SMILES string of the molecule is C[C@@H](NC(=O)CN1C(=O)N[C@@]2(CCc3ccccc32)C1=O)C12CC3CC(CC(C3)C1)C2. The van der Waals surface area contributed by atoms with Gasteiger partial charge in [-0.1, -0.05) is 24.3 Å². The highest BCUT2D eigenvalue weighted by Crippen LogP contribution is 2.61. The first-order chi connectivity index (χ1) is 14.9. The Labute approximate surface area is 183 Å². The second kappa shape index (κ2) is 6.57. The minimum Gasteiger partial charge on any atom is -0.352 e. The standard InChI is InChI=1S/C25H31N3O3/c1-15(24-11-16-8-17(12-24)10-18(9-16)13-24)26-21(29)14-28-22(30)25(27-23(28)31)7-6-19-4-2-3-5-20(19)25/h2-5,15-18H,6-14H2,1H3,(H,26,29)(H,27,31)/t15-,16?,17?,18?,24?,25-/m1/s1. The minimum atomic E-state index is -1.00. The maximum absolute atomic E-state index is 13.3. The van der Waals surface area contributed by atoms with Gasteiger partial charge in [0, 0.05) is 6.04 Å². The number of urea groups is 1. The van der Waals surface area contributed by atoms with Gasteiger partial charge in [-0.25, -0.2) is 4.79 Å². The van der Waals surface area contributed by atoms with Crippen molar-refractivity contribution in [1.29, 1.82) is 0 Å². The Morgan fingerprint density at radius 3 is 2.45 bits per heavy atom. The van der Waals surface area contributed by atoms with Gasteiger partial charge >= 0.3 is 6.03 Å². The van der Waals surface area contributed by atoms with Crippen LogP contribution in [0.15, 0.2) is 24.3 Å². The predicted octanol–water partition coefficient (Wildman–Crippen LogP) is 3.10. The van der Waals surface area contributed by atoms with Crippen molar-refractivity contribution in [3.63, 3.8) is 0 Å². The summed E-state index contributed by atoms with van der Waals surface area (Å²) in [5.41, 5.74) is 1.17. The van der Waals surface area contributed by atoms with E-state index in [2.05, 4.69) is 17.6 Å². The number of rotatable bonds is 4. The zero-order chi connectivity index (χ0) is 21.4. The number of fused-ring (bicyclic) bond motifs is 2. The van der Waals surface area contributed by atoms with Crippen molar-refractivity contribution >= 4 is 17.8 Å². The van der Waals surface area contributed by atoms with E-state index in [1.807, 2.05) is 24.3 Å². The van der Waals surface area contributed by atoms with Gasteiger partial charge in [0.2, 0.25) is 5.91 Å². The lowest BCUT2D eigenvalue weighted by Crippen LogP contribution is -2.57. The van der Waals surface area contributed by atoms with Crippen LogP contribution in [0.2, 0.25) is 0 Å². The van der Waals surface area contributed by atoms with E-state index in [1.165, 1.54) is 38.5 Å². The van der Waals surface area contributed by atoms with Crippen LogP contribution >= 0.6 is 0 Å². The van der Waals surface area contributed by atoms with Gasteiger partial charge in [-0.3, -0.25) is 14.5 Å². The van der Waals surface area contributed by atoms with E-state index in [0.717, 1.165) is 40.2 Å². The first-order valence-corrected chi connectivity index (χ1v) is 11.9. The van der Waals surface area contributed by atoms with Crippen molar-refractivity contribution in [2.75, 3.05) is 6.54 Å². The maximum Gasteiger partial charge on any atom is 0.325 e. The van der Waals surface area contributed by atoms with Gasteiger partial charge in [-0.05, 0) is 92.6 Å². The molecule has 164 valence electrons. The number of aryl methyl sites for hydroxylation is 1. The summed E-state index contributed by atoms with van der Waals surface area (Å²) >= 11 is 0. The van der Waals surface area contributed by atoms with Crippen molar-refractivity contribution in [3.8, 4) is 0 Å². The third kappa shape index (κ3) is 2.79. The molecule has 6 heteroatoms. The number of hydrogen-bond acceptors (Lipinski definition) is 3. The Morgan fingerprint density at radius 1 is 1.13 bits per heavy atom. The molecule has 1 saturated heterocycles. The lowest BCUT2D eigenvalue weighted by atomic mass is 9.48. The molecule has 6 aliphatic rings. The van der Waals surface area contributed by atoms with Gasteiger partial charge in [-0.2, -0.15) is 0 Å². The van der Waals surface area contributed by atoms with E-state index in [0.29, 0.717) is 6.42 Å². The molecule has 0 unspecified atom stereocenters. The van der Waals surface area contributed by atoms with Crippen LogP contribution in [0, 0.1) is 23.2 Å². The summed E-state index contributed by atoms with van der Waals surface area (Å²) in [7, 11) is 0. The second-order valence-corrected chi connectivity index (χ2v) is 11.0. The molecule has 1 spiro atoms. The van der Waals surface area contributed by atoms with E-state index in [9.17, 15) is 14.4 Å². The molecule has 4 amide bonds. The maximum atomic E-state index is 13.3. The van der Waals surface area contributed by atoms with Crippen molar-refractivity contribution in [3.05, 3.63) is 35.4 Å². The third-order valence-corrected chi connectivity index (χ3v) is 9.11. The molecule has 4 bridgehead atoms. The Bertz CT molecular complexity index is 937. The van der Waals surface area contributed by atoms with Crippen LogP contribution in [-0.4, -0.2) is 35.3 Å². The molecule has 7 rings (SSSR count). The number of hydrogen-bond donors (Lipinski definition) is 2. The fourth-order valence-electron chi connectivity index (χ4n) is 8.02. The van der Waals surface area contributed by atoms with Crippen LogP contribution in [0.4, 0.5) is 4.79 Å². The summed E-state index contributed by atoms with van der Waals surface area (Å²) in [5.74, 6) is 1.94. The lowest BCUT2D eigenvalue weighted by Gasteiger charge is -2.59. The topological polar surface area (TPSA) is 78.5 Å². The average Bonchev–Trinajstić information content (AvgIpc) is 3.20. The van der Waals surface area contributed by atoms with E-state index in [-0.39, 0.29) is 29.8 Å². The highest BCUT2D eigenvalue weighted by atomic mass is 16.2. The number of benzene rings is 1. The third-order valence-electron chi connectivity index (χ3n) is 9.11. The average molecular weight is 422 g/mol. The molecule has 31 heavy (non-hydrogen) atoms. The smallest absolute Gasteiger partial charge is 0.325 e. The van der Waals surface area contributed by atoms with Crippen molar-refractivity contribution in [1.82, 2.24) is 15.5 Å². The van der Waals surface area contributed by atoms with Crippen molar-refractivity contribution in [2.24, 2.45) is 23.2 Å². The fraction of sp³-hybridized carbons (Fsp3) is 0.640. The number of carbonyl (C=O) groups excluding carboxylic acids is 3. The molecule has 1 heterocycles. The zero-order valence-corrected chi connectivity index (χ0v) is 18.2. The number of nitrogens with one attached hydrogen (secondary N) is 2. The monoisotopic (exact) mass is 421 g/mol. The molecule has 5 aliphatic carbocycles. The molecule has 0 aromatic heterocycles. The number of amides is 4. The van der Waals surface area contributed by atoms with E-state index >= 15 is 0 Å². The molecule has 6 nitrogen and oxygen atoms in total. The van der Waals surface area contributed by atoms with Gasteiger partial charge in [0.1, 0.15) is 12.1 Å². The molecule has 1 aromatic carbocycles. The molecule has 2 atom stereocenters. The molecular weight excluding hydrogens is 390 g/mol. The second-order valence-electron chi connectivity index (χ2n) is 11.0. The summed E-state index contributed by atoms with van der Waals surface area (Å²) in [6.07, 6.45) is 9.05. The summed E-state index contributed by atoms with van der Waals surface area (Å²) in [6, 6.07) is 7.39. The number of imide groups is 1. The Balaban J connectivity index is 1.16. The van der Waals surface area contributed by atoms with E-state index in [4.69, 9.17) is 0 Å². The number of carbonyl (C=O) groups is 3. The van der Waals surface area contributed by atoms with Gasteiger partial charge < -0.3 is 10.6 Å². The van der Waals surface area contributed by atoms with E-state index < -0.39 is 11.6 Å². The minimum absolute atomic E-state index is 0.0790. The predicted molar refractivity (Wildman–Crippen MR) is 115 cm³/mol. The van der Waals surface area contributed by atoms with E-state index in [1.54, 1.807) is 0 Å². The first kappa shape index (κ1) is 19.3. The fourth-order valence-corrected chi connectivity index (χ4v) is 8.02. The molecule has 0 radical (unpaired) electrons. The molecule has 1 aliphatic heterocycles. The van der Waals surface area contributed by atoms with Crippen molar-refractivity contribution < 1.29 is 14.4 Å². The first-order valence-electron chi connectivity index (χ1n) is 11.9. The summed E-state index contributed by atoms with van der Waals surface area (Å²) in [6.45, 7) is 1.93. The highest BCUT2D eigenvalue weighted by Gasteiger charge is 2.56. The van der Waals surface area contributed by atoms with Crippen molar-refractivity contribution in [2.45, 2.75) is 69.9 Å². The normalized spacial score (nSPS) is 38.5. The summed E-state index contributed by atoms with van der Waals surface area (Å²) < 4.78 is 0. The van der Waals surface area contributed by atoms with Crippen LogP contribution in [-0.2, 0) is 21.5 Å². The number of nitrogens with zero attached hydrogens (tertiary/aromatic N) is 1. The molecule has 4 saturated carbocycles. The zero-order valence-electron chi connectivity index (χ0n) is 18.2. The van der Waals surface area contributed by atoms with Crippen LogP contribution in [0.25, 0.3) is 0 Å². The van der Waals surface area contributed by atoms with Crippen LogP contribution < -0.4 is 10.6 Å². The quantitative estimate of drug-likeness (QED) is 0.734. The Hall–Kier alpha value is -2.37. The molecular formula is C25H31N3O3. The van der Waals surface area contributed by atoms with Crippen LogP contribution in [0.5, 0.6) is 0 Å². The molecule has 2 N–H and O–H groups in total. The van der Waals surface area contributed by atoms with Crippen LogP contribution in [0.1, 0.15) is 63.0 Å². The molecule has 5 fully saturated rings. The highest BCUT2D eigenvalue weighted by molar-refractivity contribution is 6.09. The lowest BCUT2D eigenvalue weighted by molar-refractivity contribution is -0.136.